The molecule has 0 unspecified atom stereocenters. The van der Waals surface area contributed by atoms with Crippen LogP contribution in [-0.2, 0) is 13.0 Å². The van der Waals surface area contributed by atoms with E-state index in [1.807, 2.05) is 0 Å². The molecule has 0 saturated carbocycles. The van der Waals surface area contributed by atoms with E-state index >= 15 is 0 Å². The van der Waals surface area contributed by atoms with E-state index in [4.69, 9.17) is 0 Å². The normalized spacial score (nSPS) is 16.3. The Morgan fingerprint density at radius 1 is 1.37 bits per heavy atom. The number of hydrogen-bond donors (Lipinski definition) is 1. The topological polar surface area (TPSA) is 23.5 Å². The molecule has 1 aromatic carbocycles. The van der Waals surface area contributed by atoms with E-state index in [1.54, 1.807) is 24.3 Å². The Bertz CT molecular complexity index is 594. The van der Waals surface area contributed by atoms with Crippen LogP contribution in [0.5, 0.6) is 0 Å². The summed E-state index contributed by atoms with van der Waals surface area (Å²) in [5.74, 6) is -0.298. The van der Waals surface area contributed by atoms with Crippen LogP contribution in [0.4, 0.5) is 10.1 Å². The molecule has 2 aromatic rings. The second-order valence-electron chi connectivity index (χ2n) is 4.92. The van der Waals surface area contributed by atoms with Gasteiger partial charge in [-0.3, -0.25) is 0 Å². The van der Waals surface area contributed by atoms with E-state index in [9.17, 15) is 9.50 Å². The van der Waals surface area contributed by atoms with Crippen molar-refractivity contribution < 1.29 is 9.50 Å². The van der Waals surface area contributed by atoms with Crippen molar-refractivity contribution in [3.63, 3.8) is 0 Å². The predicted molar refractivity (Wildman–Crippen MR) is 76.1 cm³/mol. The Morgan fingerprint density at radius 3 is 3.00 bits per heavy atom. The molecule has 1 N–H and O–H groups in total. The highest BCUT2D eigenvalue weighted by molar-refractivity contribution is 7.10. The molecule has 0 saturated heterocycles. The van der Waals surface area contributed by atoms with Gasteiger partial charge >= 0.3 is 0 Å². The molecule has 1 aliphatic rings. The fourth-order valence-corrected chi connectivity index (χ4v) is 3.49. The predicted octanol–water partition coefficient (Wildman–Crippen LogP) is 3.50. The Hall–Kier alpha value is -1.39. The van der Waals surface area contributed by atoms with Crippen molar-refractivity contribution in [1.82, 2.24) is 0 Å². The zero-order valence-electron chi connectivity index (χ0n) is 10.8. The fraction of sp³-hybridized carbons (Fsp3) is 0.333. The van der Waals surface area contributed by atoms with Crippen LogP contribution in [-0.4, -0.2) is 11.7 Å². The summed E-state index contributed by atoms with van der Waals surface area (Å²) in [6.45, 7) is 3.43. The number of hydrogen-bond acceptors (Lipinski definition) is 3. The number of rotatable bonds is 2. The minimum Gasteiger partial charge on any atom is -0.389 e. The van der Waals surface area contributed by atoms with Crippen LogP contribution in [0, 0.1) is 5.82 Å². The first-order valence-corrected chi connectivity index (χ1v) is 7.31. The van der Waals surface area contributed by atoms with Crippen molar-refractivity contribution >= 4 is 17.0 Å². The van der Waals surface area contributed by atoms with Crippen molar-refractivity contribution in [3.05, 3.63) is 51.5 Å². The van der Waals surface area contributed by atoms with Gasteiger partial charge in [-0.25, -0.2) is 4.39 Å². The maximum absolute atomic E-state index is 13.3. The molecule has 0 bridgehead atoms. The summed E-state index contributed by atoms with van der Waals surface area (Å²) in [4.78, 5) is 3.66. The minimum absolute atomic E-state index is 0.298. The zero-order valence-corrected chi connectivity index (χ0v) is 11.6. The lowest BCUT2D eigenvalue weighted by molar-refractivity contribution is 0.199. The van der Waals surface area contributed by atoms with Gasteiger partial charge in [0.2, 0.25) is 0 Å². The molecule has 1 atom stereocenters. The molecular weight excluding hydrogens is 261 g/mol. The third-order valence-corrected chi connectivity index (χ3v) is 4.61. The summed E-state index contributed by atoms with van der Waals surface area (Å²) in [5.41, 5.74) is 2.95. The van der Waals surface area contributed by atoms with Gasteiger partial charge in [-0.15, -0.1) is 11.3 Å². The van der Waals surface area contributed by atoms with Crippen LogP contribution in [0.15, 0.2) is 29.6 Å². The molecule has 19 heavy (non-hydrogen) atoms. The second-order valence-corrected chi connectivity index (χ2v) is 5.92. The molecule has 0 radical (unpaired) electrons. The number of fused-ring (bicyclic) bond motifs is 1. The lowest BCUT2D eigenvalue weighted by atomic mass is 10.0. The lowest BCUT2D eigenvalue weighted by Crippen LogP contribution is -2.30. The van der Waals surface area contributed by atoms with Gasteiger partial charge in [0.05, 0.1) is 6.10 Å². The van der Waals surface area contributed by atoms with Crippen molar-refractivity contribution in [1.29, 1.82) is 0 Å². The summed E-state index contributed by atoms with van der Waals surface area (Å²) in [5, 5.41) is 11.9. The molecule has 4 heteroatoms. The number of anilines is 1. The van der Waals surface area contributed by atoms with Crippen molar-refractivity contribution in [2.45, 2.75) is 26.0 Å². The van der Waals surface area contributed by atoms with Crippen LogP contribution in [0.2, 0.25) is 0 Å². The number of aliphatic hydroxyl groups is 1. The quantitative estimate of drug-likeness (QED) is 0.908. The standard InChI is InChI=1S/C15H16FNOS/c1-10(18)13-8-12(16)2-3-14(13)17-6-4-15-11(9-17)5-7-19-15/h2-3,5,7-8,10,18H,4,6,9H2,1H3/t10-/m0/s1. The summed E-state index contributed by atoms with van der Waals surface area (Å²) in [6, 6.07) is 6.82. The molecule has 1 aromatic heterocycles. The van der Waals surface area contributed by atoms with E-state index in [2.05, 4.69) is 16.3 Å². The smallest absolute Gasteiger partial charge is 0.123 e. The van der Waals surface area contributed by atoms with Crippen molar-refractivity contribution in [3.8, 4) is 0 Å². The van der Waals surface area contributed by atoms with Gasteiger partial charge in [0, 0.05) is 29.2 Å². The Kier molecular flexibility index (Phi) is 3.29. The van der Waals surface area contributed by atoms with Crippen LogP contribution < -0.4 is 4.90 Å². The van der Waals surface area contributed by atoms with Crippen LogP contribution >= 0.6 is 11.3 Å². The number of halogens is 1. The average molecular weight is 277 g/mol. The number of aliphatic hydroxyl groups excluding tert-OH is 1. The largest absolute Gasteiger partial charge is 0.389 e. The Morgan fingerprint density at radius 2 is 2.21 bits per heavy atom. The number of benzene rings is 1. The molecule has 0 amide bonds. The molecule has 2 nitrogen and oxygen atoms in total. The first-order valence-electron chi connectivity index (χ1n) is 6.43. The Balaban J connectivity index is 1.95. The molecule has 100 valence electrons. The van der Waals surface area contributed by atoms with Gasteiger partial charge in [0.15, 0.2) is 0 Å². The van der Waals surface area contributed by atoms with Gasteiger partial charge < -0.3 is 10.0 Å². The third kappa shape index (κ3) is 2.38. The fourth-order valence-electron chi connectivity index (χ4n) is 2.60. The molecule has 0 aliphatic carbocycles. The minimum atomic E-state index is -0.658. The van der Waals surface area contributed by atoms with Crippen molar-refractivity contribution in [2.75, 3.05) is 11.4 Å². The van der Waals surface area contributed by atoms with E-state index in [0.717, 1.165) is 25.2 Å². The van der Waals surface area contributed by atoms with Crippen LogP contribution in [0.25, 0.3) is 0 Å². The van der Waals surface area contributed by atoms with E-state index < -0.39 is 6.10 Å². The van der Waals surface area contributed by atoms with Gasteiger partial charge in [-0.2, -0.15) is 0 Å². The zero-order chi connectivity index (χ0) is 13.4. The van der Waals surface area contributed by atoms with Gasteiger partial charge in [-0.1, -0.05) is 0 Å². The first kappa shape index (κ1) is 12.6. The van der Waals surface area contributed by atoms with Gasteiger partial charge in [0.1, 0.15) is 5.82 Å². The van der Waals surface area contributed by atoms with E-state index in [1.165, 1.54) is 22.6 Å². The maximum atomic E-state index is 13.3. The van der Waals surface area contributed by atoms with Gasteiger partial charge in [0.25, 0.3) is 0 Å². The molecule has 2 heterocycles. The first-order chi connectivity index (χ1) is 9.15. The van der Waals surface area contributed by atoms with E-state index in [0.29, 0.717) is 5.56 Å². The molecular formula is C15H16FNOS. The van der Waals surface area contributed by atoms with Crippen molar-refractivity contribution in [2.24, 2.45) is 0 Å². The SMILES string of the molecule is C[C@H](O)c1cc(F)ccc1N1CCc2sccc2C1. The van der Waals surface area contributed by atoms with Crippen LogP contribution in [0.3, 0.4) is 0 Å². The van der Waals surface area contributed by atoms with E-state index in [-0.39, 0.29) is 5.82 Å². The maximum Gasteiger partial charge on any atom is 0.123 e. The molecule has 0 fully saturated rings. The average Bonchev–Trinajstić information content (AvgIpc) is 2.85. The summed E-state index contributed by atoms with van der Waals surface area (Å²) >= 11 is 1.80. The molecule has 3 rings (SSSR count). The third-order valence-electron chi connectivity index (χ3n) is 3.59. The second kappa shape index (κ2) is 4.94. The number of thiophene rings is 1. The monoisotopic (exact) mass is 277 g/mol. The highest BCUT2D eigenvalue weighted by Crippen LogP contribution is 2.32. The summed E-state index contributed by atoms with van der Waals surface area (Å²) in [7, 11) is 0. The van der Waals surface area contributed by atoms with Crippen LogP contribution in [0.1, 0.15) is 29.0 Å². The lowest BCUT2D eigenvalue weighted by Gasteiger charge is -2.31. The summed E-state index contributed by atoms with van der Waals surface area (Å²) in [6.07, 6.45) is 0.360. The highest BCUT2D eigenvalue weighted by atomic mass is 32.1. The number of nitrogens with zero attached hydrogens (tertiary/aromatic N) is 1. The molecule has 0 spiro atoms. The highest BCUT2D eigenvalue weighted by Gasteiger charge is 2.21. The van der Waals surface area contributed by atoms with Gasteiger partial charge in [-0.05, 0) is 48.6 Å². The molecule has 1 aliphatic heterocycles. The summed E-state index contributed by atoms with van der Waals surface area (Å²) < 4.78 is 13.3. The Labute approximate surface area is 116 Å².